The maximum Gasteiger partial charge on any atom is 0.130 e. The fourth-order valence-electron chi connectivity index (χ4n) is 2.19. The molecule has 1 aromatic carbocycles. The van der Waals surface area contributed by atoms with E-state index < -0.39 is 11.6 Å². The molecule has 0 aliphatic heterocycles. The Balaban J connectivity index is 2.85. The predicted molar refractivity (Wildman–Crippen MR) is 66.8 cm³/mol. The monoisotopic (exact) mass is 241 g/mol. The maximum atomic E-state index is 13.7. The molecule has 0 aliphatic rings. The van der Waals surface area contributed by atoms with E-state index in [1.807, 2.05) is 7.05 Å². The quantitative estimate of drug-likeness (QED) is 0.792. The topological polar surface area (TPSA) is 12.0 Å². The van der Waals surface area contributed by atoms with Gasteiger partial charge in [0.2, 0.25) is 0 Å². The highest BCUT2D eigenvalue weighted by molar-refractivity contribution is 5.22. The van der Waals surface area contributed by atoms with Gasteiger partial charge in [-0.05, 0) is 25.5 Å². The molecule has 0 aromatic heterocycles. The van der Waals surface area contributed by atoms with Crippen LogP contribution < -0.4 is 5.32 Å². The van der Waals surface area contributed by atoms with Gasteiger partial charge in [0.05, 0.1) is 0 Å². The van der Waals surface area contributed by atoms with E-state index in [0.29, 0.717) is 11.5 Å². The van der Waals surface area contributed by atoms with Crippen LogP contribution in [0.5, 0.6) is 0 Å². The second kappa shape index (κ2) is 6.70. The summed E-state index contributed by atoms with van der Waals surface area (Å²) in [5, 5.41) is 3.12. The minimum absolute atomic E-state index is 0.0536. The van der Waals surface area contributed by atoms with Gasteiger partial charge in [-0.1, -0.05) is 32.8 Å². The zero-order valence-electron chi connectivity index (χ0n) is 10.8. The molecule has 1 rings (SSSR count). The highest BCUT2D eigenvalue weighted by Crippen LogP contribution is 2.27. The number of unbranched alkanes of at least 4 members (excludes halogenated alkanes) is 1. The first kappa shape index (κ1) is 14.1. The van der Waals surface area contributed by atoms with E-state index in [1.165, 1.54) is 12.1 Å². The summed E-state index contributed by atoms with van der Waals surface area (Å²) in [5.74, 6) is -0.657. The Hall–Kier alpha value is -0.960. The van der Waals surface area contributed by atoms with Gasteiger partial charge in [-0.2, -0.15) is 0 Å². The van der Waals surface area contributed by atoms with Crippen LogP contribution >= 0.6 is 0 Å². The molecule has 2 atom stereocenters. The first-order valence-corrected chi connectivity index (χ1v) is 6.22. The van der Waals surface area contributed by atoms with Gasteiger partial charge < -0.3 is 5.32 Å². The largest absolute Gasteiger partial charge is 0.313 e. The first-order valence-electron chi connectivity index (χ1n) is 6.22. The summed E-state index contributed by atoms with van der Waals surface area (Å²) >= 11 is 0. The average Bonchev–Trinajstić information content (AvgIpc) is 2.30. The smallest absolute Gasteiger partial charge is 0.130 e. The van der Waals surface area contributed by atoms with Gasteiger partial charge in [0, 0.05) is 17.7 Å². The molecule has 96 valence electrons. The van der Waals surface area contributed by atoms with Crippen molar-refractivity contribution in [3.05, 3.63) is 35.4 Å². The van der Waals surface area contributed by atoms with Gasteiger partial charge in [-0.3, -0.25) is 0 Å². The summed E-state index contributed by atoms with van der Waals surface area (Å²) in [5.41, 5.74) is 0.553. The van der Waals surface area contributed by atoms with Gasteiger partial charge in [0.25, 0.3) is 0 Å². The van der Waals surface area contributed by atoms with Crippen LogP contribution in [0.3, 0.4) is 0 Å². The lowest BCUT2D eigenvalue weighted by Crippen LogP contribution is -2.24. The third kappa shape index (κ3) is 3.77. The lowest BCUT2D eigenvalue weighted by atomic mass is 9.90. The minimum atomic E-state index is -0.526. The van der Waals surface area contributed by atoms with Crippen LogP contribution in [-0.4, -0.2) is 7.05 Å². The van der Waals surface area contributed by atoms with Crippen molar-refractivity contribution < 1.29 is 8.78 Å². The van der Waals surface area contributed by atoms with Crippen molar-refractivity contribution in [2.24, 2.45) is 5.92 Å². The summed E-state index contributed by atoms with van der Waals surface area (Å²) in [7, 11) is 1.82. The molecule has 1 nitrogen and oxygen atoms in total. The van der Waals surface area contributed by atoms with Gasteiger partial charge in [-0.15, -0.1) is 0 Å². The number of hydrogen-bond donors (Lipinski definition) is 1. The highest BCUT2D eigenvalue weighted by atomic mass is 19.1. The van der Waals surface area contributed by atoms with Crippen molar-refractivity contribution in [2.45, 2.75) is 39.2 Å². The molecule has 3 heteroatoms. The van der Waals surface area contributed by atoms with Crippen LogP contribution in [0, 0.1) is 17.6 Å². The van der Waals surface area contributed by atoms with E-state index in [4.69, 9.17) is 0 Å². The molecule has 0 amide bonds. The zero-order valence-corrected chi connectivity index (χ0v) is 10.8. The SMILES string of the molecule is CCCCC(C)C(NC)c1ccc(F)cc1F. The molecule has 1 aromatic rings. The summed E-state index contributed by atoms with van der Waals surface area (Å²) in [6.45, 7) is 4.24. The van der Waals surface area contributed by atoms with E-state index in [1.54, 1.807) is 0 Å². The van der Waals surface area contributed by atoms with E-state index in [0.717, 1.165) is 25.3 Å². The average molecular weight is 241 g/mol. The van der Waals surface area contributed by atoms with E-state index in [-0.39, 0.29) is 6.04 Å². The van der Waals surface area contributed by atoms with E-state index in [9.17, 15) is 8.78 Å². The number of benzene rings is 1. The summed E-state index contributed by atoms with van der Waals surface area (Å²) < 4.78 is 26.5. The Kier molecular flexibility index (Phi) is 5.56. The fourth-order valence-corrected chi connectivity index (χ4v) is 2.19. The molecule has 17 heavy (non-hydrogen) atoms. The lowest BCUT2D eigenvalue weighted by molar-refractivity contribution is 0.365. The number of halogens is 2. The molecule has 0 spiro atoms. The van der Waals surface area contributed by atoms with Gasteiger partial charge in [0.15, 0.2) is 0 Å². The van der Waals surface area contributed by atoms with E-state index in [2.05, 4.69) is 19.2 Å². The van der Waals surface area contributed by atoms with Gasteiger partial charge >= 0.3 is 0 Å². The third-order valence-corrected chi connectivity index (χ3v) is 3.19. The molecule has 1 N–H and O–H groups in total. The molecule has 0 saturated carbocycles. The Morgan fingerprint density at radius 3 is 2.53 bits per heavy atom. The highest BCUT2D eigenvalue weighted by Gasteiger charge is 2.20. The standard InChI is InChI=1S/C14H21F2N/c1-4-5-6-10(2)14(17-3)12-8-7-11(15)9-13(12)16/h7-10,14,17H,4-6H2,1-3H3. The van der Waals surface area contributed by atoms with Crippen LogP contribution in [0.2, 0.25) is 0 Å². The van der Waals surface area contributed by atoms with Crippen molar-refractivity contribution in [1.82, 2.24) is 5.32 Å². The Morgan fingerprint density at radius 1 is 1.29 bits per heavy atom. The summed E-state index contributed by atoms with van der Waals surface area (Å²) in [6.07, 6.45) is 3.30. The summed E-state index contributed by atoms with van der Waals surface area (Å²) in [4.78, 5) is 0. The molecule has 0 aliphatic carbocycles. The Morgan fingerprint density at radius 2 is 2.00 bits per heavy atom. The van der Waals surface area contributed by atoms with Crippen LogP contribution in [-0.2, 0) is 0 Å². The second-order valence-corrected chi connectivity index (χ2v) is 4.55. The second-order valence-electron chi connectivity index (χ2n) is 4.55. The molecule has 0 saturated heterocycles. The number of hydrogen-bond acceptors (Lipinski definition) is 1. The van der Waals surface area contributed by atoms with Crippen LogP contribution in [0.15, 0.2) is 18.2 Å². The minimum Gasteiger partial charge on any atom is -0.313 e. The maximum absolute atomic E-state index is 13.7. The first-order chi connectivity index (χ1) is 8.10. The van der Waals surface area contributed by atoms with Crippen LogP contribution in [0.4, 0.5) is 8.78 Å². The lowest BCUT2D eigenvalue weighted by Gasteiger charge is -2.24. The normalized spacial score (nSPS) is 14.6. The van der Waals surface area contributed by atoms with Crippen molar-refractivity contribution in [1.29, 1.82) is 0 Å². The number of rotatable bonds is 6. The van der Waals surface area contributed by atoms with E-state index >= 15 is 0 Å². The number of nitrogens with one attached hydrogen (secondary N) is 1. The van der Waals surface area contributed by atoms with Crippen molar-refractivity contribution in [2.75, 3.05) is 7.05 Å². The van der Waals surface area contributed by atoms with Crippen molar-refractivity contribution in [3.8, 4) is 0 Å². The third-order valence-electron chi connectivity index (χ3n) is 3.19. The Labute approximate surface area is 102 Å². The zero-order chi connectivity index (χ0) is 12.8. The van der Waals surface area contributed by atoms with Crippen molar-refractivity contribution in [3.63, 3.8) is 0 Å². The Bertz CT molecular complexity index is 352. The van der Waals surface area contributed by atoms with Gasteiger partial charge in [-0.25, -0.2) is 8.78 Å². The molecule has 0 radical (unpaired) electrons. The predicted octanol–water partition coefficient (Wildman–Crippen LogP) is 4.05. The van der Waals surface area contributed by atoms with Crippen molar-refractivity contribution >= 4 is 0 Å². The fraction of sp³-hybridized carbons (Fsp3) is 0.571. The molecular formula is C14H21F2N. The molecule has 0 heterocycles. The molecule has 0 bridgehead atoms. The summed E-state index contributed by atoms with van der Waals surface area (Å²) in [6, 6.07) is 3.75. The van der Waals surface area contributed by atoms with Crippen LogP contribution in [0.25, 0.3) is 0 Å². The molecular weight excluding hydrogens is 220 g/mol. The van der Waals surface area contributed by atoms with Gasteiger partial charge in [0.1, 0.15) is 11.6 Å². The molecule has 0 fully saturated rings. The van der Waals surface area contributed by atoms with Crippen LogP contribution in [0.1, 0.15) is 44.7 Å². The molecule has 2 unspecified atom stereocenters.